The Labute approximate surface area is 160 Å². The van der Waals surface area contributed by atoms with Crippen LogP contribution in [0.15, 0.2) is 66.7 Å². The maximum atomic E-state index is 13.0. The predicted octanol–water partition coefficient (Wildman–Crippen LogP) is 4.94. The van der Waals surface area contributed by atoms with Crippen LogP contribution >= 0.6 is 11.6 Å². The van der Waals surface area contributed by atoms with Crippen LogP contribution in [0.5, 0.6) is 17.2 Å². The fraction of sp³-hybridized carbons (Fsp3) is 0.0476. The summed E-state index contributed by atoms with van der Waals surface area (Å²) in [7, 11) is 1.55. The molecule has 0 bridgehead atoms. The van der Waals surface area contributed by atoms with Crippen LogP contribution in [0.4, 0.5) is 5.69 Å². The minimum atomic E-state index is -0.426. The molecule has 2 amide bonds. The van der Waals surface area contributed by atoms with Crippen molar-refractivity contribution in [2.45, 2.75) is 0 Å². The lowest BCUT2D eigenvalue weighted by molar-refractivity contribution is 0.0925. The number of halogens is 1. The van der Waals surface area contributed by atoms with E-state index in [1.807, 2.05) is 0 Å². The molecule has 1 aliphatic heterocycles. The number of methoxy groups -OCH3 is 1. The third kappa shape index (κ3) is 3.02. The molecule has 0 N–H and O–H groups in total. The molecule has 0 saturated carbocycles. The number of nitrogens with zero attached hydrogens (tertiary/aromatic N) is 1. The van der Waals surface area contributed by atoms with Crippen molar-refractivity contribution in [3.05, 3.63) is 82.9 Å². The van der Waals surface area contributed by atoms with E-state index in [4.69, 9.17) is 21.1 Å². The number of imide groups is 1. The SMILES string of the molecule is COc1ccc(N2C(=O)c3cccc(Oc4ccc(Cl)cc4)c3C2=O)cc1. The highest BCUT2D eigenvalue weighted by Gasteiger charge is 2.39. The first-order valence-corrected chi connectivity index (χ1v) is 8.55. The van der Waals surface area contributed by atoms with Crippen molar-refractivity contribution in [2.24, 2.45) is 0 Å². The molecule has 0 fully saturated rings. The largest absolute Gasteiger partial charge is 0.497 e. The molecular formula is C21H14ClNO4. The summed E-state index contributed by atoms with van der Waals surface area (Å²) in [6.07, 6.45) is 0. The monoisotopic (exact) mass is 379 g/mol. The first-order chi connectivity index (χ1) is 13.1. The van der Waals surface area contributed by atoms with E-state index in [1.54, 1.807) is 73.8 Å². The molecule has 0 unspecified atom stereocenters. The van der Waals surface area contributed by atoms with Gasteiger partial charge in [0.15, 0.2) is 0 Å². The van der Waals surface area contributed by atoms with Gasteiger partial charge in [0.05, 0.1) is 23.9 Å². The Balaban J connectivity index is 1.71. The molecule has 0 atom stereocenters. The van der Waals surface area contributed by atoms with Crippen molar-refractivity contribution in [1.29, 1.82) is 0 Å². The van der Waals surface area contributed by atoms with Gasteiger partial charge in [0.25, 0.3) is 11.8 Å². The Kier molecular flexibility index (Phi) is 4.30. The second-order valence-corrected chi connectivity index (χ2v) is 6.31. The van der Waals surface area contributed by atoms with Crippen molar-refractivity contribution in [3.63, 3.8) is 0 Å². The molecule has 0 saturated heterocycles. The molecule has 1 heterocycles. The topological polar surface area (TPSA) is 55.8 Å². The number of rotatable bonds is 4. The second-order valence-electron chi connectivity index (χ2n) is 5.88. The van der Waals surface area contributed by atoms with Crippen molar-refractivity contribution in [2.75, 3.05) is 12.0 Å². The minimum Gasteiger partial charge on any atom is -0.497 e. The lowest BCUT2D eigenvalue weighted by Crippen LogP contribution is -2.29. The highest BCUT2D eigenvalue weighted by atomic mass is 35.5. The van der Waals surface area contributed by atoms with Crippen molar-refractivity contribution in [1.82, 2.24) is 0 Å². The van der Waals surface area contributed by atoms with Gasteiger partial charge >= 0.3 is 0 Å². The van der Waals surface area contributed by atoms with Crippen molar-refractivity contribution < 1.29 is 19.1 Å². The van der Waals surface area contributed by atoms with Gasteiger partial charge in [0, 0.05) is 5.02 Å². The summed E-state index contributed by atoms with van der Waals surface area (Å²) in [5.41, 5.74) is 1.02. The van der Waals surface area contributed by atoms with Crippen LogP contribution < -0.4 is 14.4 Å². The normalized spacial score (nSPS) is 12.9. The Morgan fingerprint density at radius 2 is 1.48 bits per heavy atom. The van der Waals surface area contributed by atoms with Gasteiger partial charge in [-0.3, -0.25) is 9.59 Å². The van der Waals surface area contributed by atoms with Gasteiger partial charge in [0.2, 0.25) is 0 Å². The molecule has 4 rings (SSSR count). The van der Waals surface area contributed by atoms with E-state index < -0.39 is 5.91 Å². The van der Waals surface area contributed by atoms with Gasteiger partial charge in [-0.2, -0.15) is 0 Å². The molecule has 0 spiro atoms. The summed E-state index contributed by atoms with van der Waals surface area (Å²) in [6, 6.07) is 18.5. The molecule has 0 radical (unpaired) electrons. The Morgan fingerprint density at radius 3 is 2.15 bits per heavy atom. The van der Waals surface area contributed by atoms with Crippen LogP contribution in [0.1, 0.15) is 20.7 Å². The van der Waals surface area contributed by atoms with Crippen LogP contribution in [0.2, 0.25) is 5.02 Å². The van der Waals surface area contributed by atoms with Crippen LogP contribution in [-0.2, 0) is 0 Å². The molecule has 5 nitrogen and oxygen atoms in total. The summed E-state index contributed by atoms with van der Waals surface area (Å²) < 4.78 is 11.0. The van der Waals surface area contributed by atoms with Crippen molar-refractivity contribution in [3.8, 4) is 17.2 Å². The zero-order valence-electron chi connectivity index (χ0n) is 14.3. The first-order valence-electron chi connectivity index (χ1n) is 8.18. The van der Waals surface area contributed by atoms with Crippen LogP contribution in [0, 0.1) is 0 Å². The van der Waals surface area contributed by atoms with Crippen LogP contribution in [0.3, 0.4) is 0 Å². The molecule has 6 heteroatoms. The maximum absolute atomic E-state index is 13.0. The number of hydrogen-bond donors (Lipinski definition) is 0. The summed E-state index contributed by atoms with van der Waals surface area (Å²) >= 11 is 5.89. The van der Waals surface area contributed by atoms with E-state index in [9.17, 15) is 9.59 Å². The predicted molar refractivity (Wildman–Crippen MR) is 102 cm³/mol. The maximum Gasteiger partial charge on any atom is 0.269 e. The zero-order chi connectivity index (χ0) is 19.0. The lowest BCUT2D eigenvalue weighted by atomic mass is 10.1. The molecule has 27 heavy (non-hydrogen) atoms. The van der Waals surface area contributed by atoms with Crippen LogP contribution in [0.25, 0.3) is 0 Å². The number of benzene rings is 3. The van der Waals surface area contributed by atoms with E-state index in [-0.39, 0.29) is 11.5 Å². The summed E-state index contributed by atoms with van der Waals surface area (Å²) in [6.45, 7) is 0. The fourth-order valence-electron chi connectivity index (χ4n) is 2.93. The smallest absolute Gasteiger partial charge is 0.269 e. The quantitative estimate of drug-likeness (QED) is 0.602. The average molecular weight is 380 g/mol. The molecule has 134 valence electrons. The number of anilines is 1. The van der Waals surface area contributed by atoms with E-state index in [0.29, 0.717) is 33.5 Å². The summed E-state index contributed by atoms with van der Waals surface area (Å²) in [5, 5.41) is 0.581. The van der Waals surface area contributed by atoms with E-state index in [0.717, 1.165) is 4.90 Å². The number of hydrogen-bond acceptors (Lipinski definition) is 4. The Hall–Kier alpha value is -3.31. The minimum absolute atomic E-state index is 0.244. The molecule has 1 aliphatic rings. The van der Waals surface area contributed by atoms with Gasteiger partial charge < -0.3 is 9.47 Å². The van der Waals surface area contributed by atoms with Crippen molar-refractivity contribution >= 4 is 29.1 Å². The summed E-state index contributed by atoms with van der Waals surface area (Å²) in [5.74, 6) is 0.675. The fourth-order valence-corrected chi connectivity index (χ4v) is 3.06. The number of amides is 2. The Bertz CT molecular complexity index is 1030. The number of carbonyl (C=O) groups is 2. The molecule has 3 aromatic rings. The molecule has 0 aliphatic carbocycles. The number of carbonyl (C=O) groups excluding carboxylic acids is 2. The van der Waals surface area contributed by atoms with E-state index in [2.05, 4.69) is 0 Å². The van der Waals surface area contributed by atoms with E-state index in [1.165, 1.54) is 0 Å². The lowest BCUT2D eigenvalue weighted by Gasteiger charge is -2.14. The second kappa shape index (κ2) is 6.78. The average Bonchev–Trinajstić information content (AvgIpc) is 2.95. The molecule has 0 aromatic heterocycles. The standard InChI is InChI=1S/C21H14ClNO4/c1-26-15-11-7-14(8-12-15)23-20(24)17-3-2-4-18(19(17)21(23)25)27-16-9-5-13(22)6-10-16/h2-12H,1H3. The van der Waals surface area contributed by atoms with Crippen LogP contribution in [-0.4, -0.2) is 18.9 Å². The molecular weight excluding hydrogens is 366 g/mol. The third-order valence-corrected chi connectivity index (χ3v) is 4.50. The molecule has 3 aromatic carbocycles. The van der Waals surface area contributed by atoms with Gasteiger partial charge in [0.1, 0.15) is 17.2 Å². The van der Waals surface area contributed by atoms with Gasteiger partial charge in [-0.25, -0.2) is 4.90 Å². The zero-order valence-corrected chi connectivity index (χ0v) is 15.1. The summed E-state index contributed by atoms with van der Waals surface area (Å²) in [4.78, 5) is 26.9. The van der Waals surface area contributed by atoms with Gasteiger partial charge in [-0.15, -0.1) is 0 Å². The first kappa shape index (κ1) is 17.1. The van der Waals surface area contributed by atoms with Gasteiger partial charge in [-0.1, -0.05) is 17.7 Å². The number of ether oxygens (including phenoxy) is 2. The Morgan fingerprint density at radius 1 is 0.815 bits per heavy atom. The van der Waals surface area contributed by atoms with E-state index >= 15 is 0 Å². The highest BCUT2D eigenvalue weighted by molar-refractivity contribution is 6.35. The van der Waals surface area contributed by atoms with Gasteiger partial charge in [-0.05, 0) is 60.7 Å². The highest BCUT2D eigenvalue weighted by Crippen LogP contribution is 2.36. The number of fused-ring (bicyclic) bond motifs is 1. The third-order valence-electron chi connectivity index (χ3n) is 4.25.